The monoisotopic (exact) mass is 284 g/mol. The molecule has 0 atom stereocenters. The SMILES string of the molecule is N#Cc1ccc(F)c(CN2CCC(c3ccn[nH]3)CC2)c1. The second-order valence-electron chi connectivity index (χ2n) is 5.48. The van der Waals surface area contributed by atoms with Crippen molar-refractivity contribution in [2.75, 3.05) is 13.1 Å². The minimum absolute atomic E-state index is 0.232. The maximum absolute atomic E-state index is 13.8. The predicted octanol–water partition coefficient (Wildman–Crippen LogP) is 2.80. The van der Waals surface area contributed by atoms with Crippen molar-refractivity contribution in [3.05, 3.63) is 53.1 Å². The third kappa shape index (κ3) is 3.11. The molecule has 0 aliphatic carbocycles. The van der Waals surface area contributed by atoms with Crippen LogP contribution in [0.5, 0.6) is 0 Å². The predicted molar refractivity (Wildman–Crippen MR) is 77.0 cm³/mol. The van der Waals surface area contributed by atoms with Gasteiger partial charge in [-0.15, -0.1) is 0 Å². The molecule has 108 valence electrons. The van der Waals surface area contributed by atoms with Crippen molar-refractivity contribution in [2.45, 2.75) is 25.3 Å². The van der Waals surface area contributed by atoms with Crippen LogP contribution < -0.4 is 0 Å². The number of aromatic nitrogens is 2. The zero-order valence-electron chi connectivity index (χ0n) is 11.7. The summed E-state index contributed by atoms with van der Waals surface area (Å²) in [4.78, 5) is 2.24. The highest BCUT2D eigenvalue weighted by molar-refractivity contribution is 5.33. The van der Waals surface area contributed by atoms with E-state index in [1.54, 1.807) is 12.3 Å². The third-order valence-corrected chi connectivity index (χ3v) is 4.12. The fraction of sp³-hybridized carbons (Fsp3) is 0.375. The summed E-state index contributed by atoms with van der Waals surface area (Å²) in [5.74, 6) is 0.281. The minimum atomic E-state index is -0.232. The molecule has 21 heavy (non-hydrogen) atoms. The average Bonchev–Trinajstić information content (AvgIpc) is 3.04. The molecular weight excluding hydrogens is 267 g/mol. The number of benzene rings is 1. The summed E-state index contributed by atoms with van der Waals surface area (Å²) < 4.78 is 13.8. The number of hydrogen-bond donors (Lipinski definition) is 1. The van der Waals surface area contributed by atoms with E-state index in [1.807, 2.05) is 6.07 Å². The van der Waals surface area contributed by atoms with Crippen LogP contribution in [-0.2, 0) is 6.54 Å². The lowest BCUT2D eigenvalue weighted by Crippen LogP contribution is -2.32. The van der Waals surface area contributed by atoms with Crippen molar-refractivity contribution in [3.8, 4) is 6.07 Å². The first-order valence-electron chi connectivity index (χ1n) is 7.16. The Kier molecular flexibility index (Phi) is 3.98. The second-order valence-corrected chi connectivity index (χ2v) is 5.48. The van der Waals surface area contributed by atoms with Gasteiger partial charge in [0.1, 0.15) is 5.82 Å². The molecule has 0 amide bonds. The normalized spacial score (nSPS) is 16.8. The fourth-order valence-corrected chi connectivity index (χ4v) is 2.90. The van der Waals surface area contributed by atoms with E-state index in [2.05, 4.69) is 21.2 Å². The van der Waals surface area contributed by atoms with E-state index in [0.717, 1.165) is 25.9 Å². The van der Waals surface area contributed by atoms with Gasteiger partial charge in [-0.25, -0.2) is 4.39 Å². The number of rotatable bonds is 3. The lowest BCUT2D eigenvalue weighted by atomic mass is 9.93. The summed E-state index contributed by atoms with van der Waals surface area (Å²) in [5, 5.41) is 15.9. The molecule has 2 heterocycles. The van der Waals surface area contributed by atoms with Gasteiger partial charge < -0.3 is 0 Å². The van der Waals surface area contributed by atoms with Gasteiger partial charge in [-0.05, 0) is 50.2 Å². The summed E-state index contributed by atoms with van der Waals surface area (Å²) in [6.07, 6.45) is 3.87. The van der Waals surface area contributed by atoms with E-state index in [9.17, 15) is 4.39 Å². The number of likely N-dealkylation sites (tertiary alicyclic amines) is 1. The third-order valence-electron chi connectivity index (χ3n) is 4.12. The molecule has 1 aliphatic heterocycles. The molecule has 0 unspecified atom stereocenters. The fourth-order valence-electron chi connectivity index (χ4n) is 2.90. The van der Waals surface area contributed by atoms with Crippen LogP contribution in [0.1, 0.15) is 35.6 Å². The number of nitriles is 1. The molecule has 0 radical (unpaired) electrons. The molecule has 1 aromatic carbocycles. The lowest BCUT2D eigenvalue weighted by molar-refractivity contribution is 0.201. The van der Waals surface area contributed by atoms with Gasteiger partial charge in [-0.2, -0.15) is 10.4 Å². The summed E-state index contributed by atoms with van der Waals surface area (Å²) in [7, 11) is 0. The van der Waals surface area contributed by atoms with Crippen LogP contribution in [0.4, 0.5) is 4.39 Å². The van der Waals surface area contributed by atoms with Gasteiger partial charge in [0.15, 0.2) is 0 Å². The molecule has 1 fully saturated rings. The minimum Gasteiger partial charge on any atom is -0.299 e. The van der Waals surface area contributed by atoms with Crippen LogP contribution in [0.3, 0.4) is 0 Å². The zero-order chi connectivity index (χ0) is 14.7. The van der Waals surface area contributed by atoms with Gasteiger partial charge in [-0.1, -0.05) is 0 Å². The Morgan fingerprint density at radius 1 is 1.33 bits per heavy atom. The Balaban J connectivity index is 1.62. The van der Waals surface area contributed by atoms with Gasteiger partial charge in [0, 0.05) is 29.9 Å². The topological polar surface area (TPSA) is 55.7 Å². The van der Waals surface area contributed by atoms with Crippen molar-refractivity contribution in [3.63, 3.8) is 0 Å². The lowest BCUT2D eigenvalue weighted by Gasteiger charge is -2.31. The maximum Gasteiger partial charge on any atom is 0.127 e. The van der Waals surface area contributed by atoms with Gasteiger partial charge in [0.25, 0.3) is 0 Å². The molecule has 3 rings (SSSR count). The molecule has 1 aromatic heterocycles. The Morgan fingerprint density at radius 3 is 2.81 bits per heavy atom. The van der Waals surface area contributed by atoms with Crippen molar-refractivity contribution in [1.29, 1.82) is 5.26 Å². The highest BCUT2D eigenvalue weighted by Crippen LogP contribution is 2.27. The first-order chi connectivity index (χ1) is 10.3. The van der Waals surface area contributed by atoms with Crippen LogP contribution in [0.25, 0.3) is 0 Å². The van der Waals surface area contributed by atoms with E-state index in [0.29, 0.717) is 23.6 Å². The largest absolute Gasteiger partial charge is 0.299 e. The summed E-state index contributed by atoms with van der Waals surface area (Å²) in [6.45, 7) is 2.43. The quantitative estimate of drug-likeness (QED) is 0.943. The Morgan fingerprint density at radius 2 is 2.14 bits per heavy atom. The number of halogens is 1. The second kappa shape index (κ2) is 6.06. The molecular formula is C16H17FN4. The first kappa shape index (κ1) is 13.8. The van der Waals surface area contributed by atoms with E-state index in [1.165, 1.54) is 17.8 Å². The van der Waals surface area contributed by atoms with Crippen molar-refractivity contribution < 1.29 is 4.39 Å². The van der Waals surface area contributed by atoms with Crippen molar-refractivity contribution in [1.82, 2.24) is 15.1 Å². The number of H-pyrrole nitrogens is 1. The number of hydrogen-bond acceptors (Lipinski definition) is 3. The Labute approximate surface area is 123 Å². The molecule has 0 spiro atoms. The molecule has 1 N–H and O–H groups in total. The van der Waals surface area contributed by atoms with Gasteiger partial charge in [-0.3, -0.25) is 10.00 Å². The highest BCUT2D eigenvalue weighted by atomic mass is 19.1. The van der Waals surface area contributed by atoms with Gasteiger partial charge >= 0.3 is 0 Å². The maximum atomic E-state index is 13.8. The summed E-state index contributed by atoms with van der Waals surface area (Å²) in [6, 6.07) is 8.63. The van der Waals surface area contributed by atoms with Gasteiger partial charge in [0.05, 0.1) is 11.6 Å². The molecule has 5 heteroatoms. The molecule has 1 saturated heterocycles. The van der Waals surface area contributed by atoms with Crippen molar-refractivity contribution in [2.24, 2.45) is 0 Å². The van der Waals surface area contributed by atoms with Crippen LogP contribution >= 0.6 is 0 Å². The van der Waals surface area contributed by atoms with E-state index >= 15 is 0 Å². The Bertz CT molecular complexity index is 637. The smallest absolute Gasteiger partial charge is 0.127 e. The molecule has 0 saturated carbocycles. The van der Waals surface area contributed by atoms with Crippen LogP contribution in [0.15, 0.2) is 30.5 Å². The number of nitrogens with one attached hydrogen (secondary N) is 1. The molecule has 2 aromatic rings. The number of aromatic amines is 1. The van der Waals surface area contributed by atoms with Crippen LogP contribution in [0.2, 0.25) is 0 Å². The first-order valence-corrected chi connectivity index (χ1v) is 7.16. The van der Waals surface area contributed by atoms with Crippen LogP contribution in [-0.4, -0.2) is 28.2 Å². The average molecular weight is 284 g/mol. The zero-order valence-corrected chi connectivity index (χ0v) is 11.7. The Hall–Kier alpha value is -2.19. The molecule has 4 nitrogen and oxygen atoms in total. The summed E-state index contributed by atoms with van der Waals surface area (Å²) in [5.41, 5.74) is 2.31. The van der Waals surface area contributed by atoms with E-state index in [-0.39, 0.29) is 5.82 Å². The molecule has 0 bridgehead atoms. The molecule has 1 aliphatic rings. The van der Waals surface area contributed by atoms with E-state index < -0.39 is 0 Å². The highest BCUT2D eigenvalue weighted by Gasteiger charge is 2.22. The van der Waals surface area contributed by atoms with Crippen molar-refractivity contribution >= 4 is 0 Å². The summed E-state index contributed by atoms with van der Waals surface area (Å²) >= 11 is 0. The van der Waals surface area contributed by atoms with Gasteiger partial charge in [0.2, 0.25) is 0 Å². The van der Waals surface area contributed by atoms with Crippen LogP contribution in [0, 0.1) is 17.1 Å². The van der Waals surface area contributed by atoms with E-state index in [4.69, 9.17) is 5.26 Å². The number of nitrogens with zero attached hydrogens (tertiary/aromatic N) is 3. The number of piperidine rings is 1. The standard InChI is InChI=1S/C16H17FN4/c17-15-2-1-12(10-18)9-14(15)11-21-7-4-13(5-8-21)16-3-6-19-20-16/h1-3,6,9,13H,4-5,7-8,11H2,(H,19,20).